The van der Waals surface area contributed by atoms with Gasteiger partial charge in [0.1, 0.15) is 0 Å². The van der Waals surface area contributed by atoms with Crippen LogP contribution in [0, 0.1) is 0 Å². The highest BCUT2D eigenvalue weighted by atomic mass is 79.9. The minimum atomic E-state index is 0.0344. The van der Waals surface area contributed by atoms with Gasteiger partial charge in [-0.15, -0.1) is 0 Å². The summed E-state index contributed by atoms with van der Waals surface area (Å²) in [5.41, 5.74) is 3.88. The van der Waals surface area contributed by atoms with E-state index in [0.717, 1.165) is 23.1 Å². The Morgan fingerprint density at radius 3 is 2.80 bits per heavy atom. The fourth-order valence-electron chi connectivity index (χ4n) is 1.33. The topological polar surface area (TPSA) is 47.3 Å². The first kappa shape index (κ1) is 12.6. The van der Waals surface area contributed by atoms with E-state index in [1.165, 1.54) is 0 Å². The van der Waals surface area contributed by atoms with Gasteiger partial charge in [-0.2, -0.15) is 0 Å². The first-order chi connectivity index (χ1) is 7.29. The number of ether oxygens (including phenoxy) is 1. The van der Waals surface area contributed by atoms with Gasteiger partial charge in [0.2, 0.25) is 0 Å². The molecule has 0 bridgehead atoms. The molecule has 1 atom stereocenters. The molecule has 1 aromatic carbocycles. The molecular weight excluding hydrogens is 256 g/mol. The molecule has 3 N–H and O–H groups in total. The second-order valence-electron chi connectivity index (χ2n) is 3.32. The molecule has 0 aliphatic heterocycles. The van der Waals surface area contributed by atoms with E-state index >= 15 is 0 Å². The quantitative estimate of drug-likeness (QED) is 0.475. The van der Waals surface area contributed by atoms with Crippen LogP contribution in [0.15, 0.2) is 28.7 Å². The van der Waals surface area contributed by atoms with Crippen LogP contribution in [0.5, 0.6) is 0 Å². The van der Waals surface area contributed by atoms with Crippen molar-refractivity contribution in [2.45, 2.75) is 19.4 Å². The first-order valence-electron chi connectivity index (χ1n) is 5.08. The van der Waals surface area contributed by atoms with Crippen LogP contribution in [-0.2, 0) is 4.74 Å². The van der Waals surface area contributed by atoms with E-state index in [4.69, 9.17) is 10.6 Å². The zero-order valence-electron chi connectivity index (χ0n) is 8.87. The molecule has 0 aliphatic carbocycles. The molecule has 0 aliphatic rings. The molecule has 0 fully saturated rings. The second-order valence-corrected chi connectivity index (χ2v) is 4.17. The molecule has 1 unspecified atom stereocenters. The Morgan fingerprint density at radius 2 is 2.20 bits per heavy atom. The van der Waals surface area contributed by atoms with Gasteiger partial charge < -0.3 is 4.74 Å². The van der Waals surface area contributed by atoms with E-state index in [0.29, 0.717) is 6.61 Å². The van der Waals surface area contributed by atoms with Crippen LogP contribution in [0.2, 0.25) is 0 Å². The number of nitrogens with two attached hydrogens (primary N) is 1. The van der Waals surface area contributed by atoms with Gasteiger partial charge in [0.15, 0.2) is 0 Å². The van der Waals surface area contributed by atoms with Crippen molar-refractivity contribution in [2.75, 3.05) is 13.2 Å². The third-order valence-corrected chi connectivity index (χ3v) is 2.84. The van der Waals surface area contributed by atoms with Crippen LogP contribution in [-0.4, -0.2) is 13.2 Å². The number of hydrazine groups is 1. The van der Waals surface area contributed by atoms with Crippen molar-refractivity contribution < 1.29 is 4.74 Å². The van der Waals surface area contributed by atoms with E-state index in [1.54, 1.807) is 0 Å². The van der Waals surface area contributed by atoms with Gasteiger partial charge in [-0.3, -0.25) is 11.3 Å². The lowest BCUT2D eigenvalue weighted by atomic mass is 10.1. The van der Waals surface area contributed by atoms with Crippen LogP contribution in [0.25, 0.3) is 0 Å². The highest BCUT2D eigenvalue weighted by molar-refractivity contribution is 9.10. The zero-order chi connectivity index (χ0) is 11.1. The van der Waals surface area contributed by atoms with Crippen LogP contribution in [0.3, 0.4) is 0 Å². The van der Waals surface area contributed by atoms with Crippen molar-refractivity contribution in [3.05, 3.63) is 34.3 Å². The third-order valence-electron chi connectivity index (χ3n) is 2.11. The summed E-state index contributed by atoms with van der Waals surface area (Å²) in [7, 11) is 0. The fraction of sp³-hybridized carbons (Fsp3) is 0.455. The zero-order valence-corrected chi connectivity index (χ0v) is 10.5. The van der Waals surface area contributed by atoms with E-state index in [-0.39, 0.29) is 6.04 Å². The molecule has 1 aromatic rings. The normalized spacial score (nSPS) is 12.7. The summed E-state index contributed by atoms with van der Waals surface area (Å²) in [6.07, 6.45) is 1.02. The van der Waals surface area contributed by atoms with Gasteiger partial charge in [-0.1, -0.05) is 41.1 Å². The monoisotopic (exact) mass is 272 g/mol. The van der Waals surface area contributed by atoms with Crippen molar-refractivity contribution in [3.8, 4) is 0 Å². The van der Waals surface area contributed by atoms with Crippen LogP contribution < -0.4 is 11.3 Å². The van der Waals surface area contributed by atoms with Crippen LogP contribution >= 0.6 is 15.9 Å². The molecule has 3 nitrogen and oxygen atoms in total. The maximum Gasteiger partial charge on any atom is 0.0704 e. The summed E-state index contributed by atoms with van der Waals surface area (Å²) in [6.45, 7) is 3.44. The SMILES string of the molecule is CCCOCC(NN)c1ccccc1Br. The van der Waals surface area contributed by atoms with Gasteiger partial charge in [0, 0.05) is 11.1 Å². The largest absolute Gasteiger partial charge is 0.379 e. The van der Waals surface area contributed by atoms with Crippen LogP contribution in [0.4, 0.5) is 0 Å². The smallest absolute Gasteiger partial charge is 0.0704 e. The summed E-state index contributed by atoms with van der Waals surface area (Å²) in [4.78, 5) is 0. The lowest BCUT2D eigenvalue weighted by Crippen LogP contribution is -2.31. The molecule has 0 amide bonds. The Balaban J connectivity index is 2.61. The van der Waals surface area contributed by atoms with E-state index in [2.05, 4.69) is 28.3 Å². The molecule has 0 spiro atoms. The van der Waals surface area contributed by atoms with Crippen molar-refractivity contribution in [2.24, 2.45) is 5.84 Å². The van der Waals surface area contributed by atoms with Crippen molar-refractivity contribution in [1.82, 2.24) is 5.43 Å². The van der Waals surface area contributed by atoms with Crippen LogP contribution in [0.1, 0.15) is 24.9 Å². The van der Waals surface area contributed by atoms with Crippen molar-refractivity contribution in [3.63, 3.8) is 0 Å². The number of rotatable bonds is 6. The second kappa shape index (κ2) is 6.95. The lowest BCUT2D eigenvalue weighted by Gasteiger charge is -2.17. The highest BCUT2D eigenvalue weighted by Gasteiger charge is 2.12. The predicted molar refractivity (Wildman–Crippen MR) is 65.3 cm³/mol. The first-order valence-corrected chi connectivity index (χ1v) is 5.87. The average Bonchev–Trinajstić information content (AvgIpc) is 2.26. The van der Waals surface area contributed by atoms with E-state index < -0.39 is 0 Å². The van der Waals surface area contributed by atoms with Crippen molar-refractivity contribution >= 4 is 15.9 Å². The molecular formula is C11H17BrN2O. The molecule has 0 saturated carbocycles. The fourth-order valence-corrected chi connectivity index (χ4v) is 1.89. The number of hydrogen-bond acceptors (Lipinski definition) is 3. The Morgan fingerprint density at radius 1 is 1.47 bits per heavy atom. The number of halogens is 1. The van der Waals surface area contributed by atoms with Gasteiger partial charge in [0.25, 0.3) is 0 Å². The number of benzene rings is 1. The lowest BCUT2D eigenvalue weighted by molar-refractivity contribution is 0.112. The van der Waals surface area contributed by atoms with Gasteiger partial charge >= 0.3 is 0 Å². The summed E-state index contributed by atoms with van der Waals surface area (Å²) >= 11 is 3.50. The molecule has 0 heterocycles. The molecule has 84 valence electrons. The predicted octanol–water partition coefficient (Wildman–Crippen LogP) is 2.38. The Kier molecular flexibility index (Phi) is 5.86. The van der Waals surface area contributed by atoms with Gasteiger partial charge in [-0.05, 0) is 18.1 Å². The summed E-state index contributed by atoms with van der Waals surface area (Å²) in [6, 6.07) is 8.04. The summed E-state index contributed by atoms with van der Waals surface area (Å²) < 4.78 is 6.53. The summed E-state index contributed by atoms with van der Waals surface area (Å²) in [5, 5.41) is 0. The van der Waals surface area contributed by atoms with Gasteiger partial charge in [0.05, 0.1) is 12.6 Å². The maximum atomic E-state index is 5.51. The minimum absolute atomic E-state index is 0.0344. The highest BCUT2D eigenvalue weighted by Crippen LogP contribution is 2.22. The minimum Gasteiger partial charge on any atom is -0.379 e. The van der Waals surface area contributed by atoms with Crippen molar-refractivity contribution in [1.29, 1.82) is 0 Å². The molecule has 0 saturated heterocycles. The maximum absolute atomic E-state index is 5.51. The number of nitrogens with one attached hydrogen (secondary N) is 1. The standard InChI is InChI=1S/C11H17BrN2O/c1-2-7-15-8-11(14-13)9-5-3-4-6-10(9)12/h3-6,11,14H,2,7-8,13H2,1H3. The summed E-state index contributed by atoms with van der Waals surface area (Å²) in [5.74, 6) is 5.51. The van der Waals surface area contributed by atoms with Gasteiger partial charge in [-0.25, -0.2) is 0 Å². The molecule has 1 rings (SSSR count). The molecule has 0 aromatic heterocycles. The Bertz CT molecular complexity index is 294. The average molecular weight is 273 g/mol. The Labute approximate surface area is 99.1 Å². The molecule has 0 radical (unpaired) electrons. The number of hydrogen-bond donors (Lipinski definition) is 2. The third kappa shape index (κ3) is 3.91. The van der Waals surface area contributed by atoms with E-state index in [9.17, 15) is 0 Å². The molecule has 4 heteroatoms. The van der Waals surface area contributed by atoms with E-state index in [1.807, 2.05) is 24.3 Å². The Hall–Kier alpha value is -0.420. The molecule has 15 heavy (non-hydrogen) atoms.